The second-order valence-electron chi connectivity index (χ2n) is 6.35. The number of anilines is 1. The Morgan fingerprint density at radius 2 is 1.67 bits per heavy atom. The average molecular weight is 325 g/mol. The fourth-order valence-corrected chi connectivity index (χ4v) is 3.38. The van der Waals surface area contributed by atoms with Crippen LogP contribution < -0.4 is 14.5 Å². The molecule has 1 heterocycles. The fourth-order valence-electron chi connectivity index (χ4n) is 3.38. The maximum atomic E-state index is 10.8. The maximum Gasteiger partial charge on any atom is 0.150 e. The van der Waals surface area contributed by atoms with E-state index >= 15 is 0 Å². The van der Waals surface area contributed by atoms with E-state index in [0.717, 1.165) is 43.8 Å². The van der Waals surface area contributed by atoms with Crippen LogP contribution >= 0.6 is 0 Å². The normalized spacial score (nSPS) is 16.7. The Kier molecular flexibility index (Phi) is 5.16. The minimum absolute atomic E-state index is 0.482. The molecule has 24 heavy (non-hydrogen) atoms. The van der Waals surface area contributed by atoms with Gasteiger partial charge in [0.25, 0.3) is 0 Å². The van der Waals surface area contributed by atoms with Crippen molar-refractivity contribution in [2.75, 3.05) is 38.2 Å². The second kappa shape index (κ2) is 7.49. The van der Waals surface area contributed by atoms with Gasteiger partial charge in [0.15, 0.2) is 0 Å². The van der Waals surface area contributed by atoms with Gasteiger partial charge in [-0.05, 0) is 55.5 Å². The van der Waals surface area contributed by atoms with Crippen LogP contribution in [0.3, 0.4) is 0 Å². The summed E-state index contributed by atoms with van der Waals surface area (Å²) < 4.78 is 5.24. The topological polar surface area (TPSA) is 34.0 Å². The zero-order chi connectivity index (χ0) is 16.9. The Hall–Kier alpha value is -2.33. The Labute approximate surface area is 143 Å². The fraction of sp³-hybridized carbons (Fsp3) is 0.350. The molecule has 1 N–H and O–H groups in total. The van der Waals surface area contributed by atoms with Crippen LogP contribution in [0.15, 0.2) is 48.5 Å². The summed E-state index contributed by atoms with van der Waals surface area (Å²) in [5.41, 5.74) is 3.29. The summed E-state index contributed by atoms with van der Waals surface area (Å²) in [4.78, 5) is 14.8. The van der Waals surface area contributed by atoms with Crippen LogP contribution in [0.5, 0.6) is 5.75 Å². The summed E-state index contributed by atoms with van der Waals surface area (Å²) >= 11 is 0. The van der Waals surface area contributed by atoms with Crippen LogP contribution in [0, 0.1) is 0 Å². The van der Waals surface area contributed by atoms with Gasteiger partial charge in [-0.15, -0.1) is 0 Å². The van der Waals surface area contributed by atoms with Crippen molar-refractivity contribution in [3.63, 3.8) is 0 Å². The van der Waals surface area contributed by atoms with Crippen molar-refractivity contribution in [2.24, 2.45) is 0 Å². The van der Waals surface area contributed by atoms with E-state index in [2.05, 4.69) is 24.0 Å². The van der Waals surface area contributed by atoms with E-state index in [1.165, 1.54) is 11.3 Å². The first-order chi connectivity index (χ1) is 11.7. The third kappa shape index (κ3) is 3.60. The van der Waals surface area contributed by atoms with E-state index in [4.69, 9.17) is 4.74 Å². The predicted molar refractivity (Wildman–Crippen MR) is 96.1 cm³/mol. The summed E-state index contributed by atoms with van der Waals surface area (Å²) in [6.45, 7) is 6.60. The molecule has 0 amide bonds. The lowest BCUT2D eigenvalue weighted by molar-refractivity contribution is -0.930. The lowest BCUT2D eigenvalue weighted by Crippen LogP contribution is -3.14. The molecule has 1 aliphatic rings. The molecule has 2 aromatic rings. The zero-order valence-electron chi connectivity index (χ0n) is 14.4. The Bertz CT molecular complexity index is 659. The van der Waals surface area contributed by atoms with Gasteiger partial charge in [0.2, 0.25) is 0 Å². The van der Waals surface area contributed by atoms with Gasteiger partial charge < -0.3 is 14.5 Å². The van der Waals surface area contributed by atoms with Crippen molar-refractivity contribution in [3.8, 4) is 5.75 Å². The molecule has 3 rings (SSSR count). The van der Waals surface area contributed by atoms with E-state index in [1.807, 2.05) is 36.4 Å². The molecule has 1 saturated heterocycles. The van der Waals surface area contributed by atoms with Crippen LogP contribution in [0.2, 0.25) is 0 Å². The number of ether oxygens (including phenoxy) is 1. The van der Waals surface area contributed by atoms with E-state index < -0.39 is 0 Å². The first kappa shape index (κ1) is 16.5. The molecule has 0 bridgehead atoms. The number of nitrogens with one attached hydrogen (secondary N) is 1. The van der Waals surface area contributed by atoms with Crippen LogP contribution in [0.25, 0.3) is 0 Å². The first-order valence-electron chi connectivity index (χ1n) is 8.50. The van der Waals surface area contributed by atoms with Gasteiger partial charge >= 0.3 is 0 Å². The molecule has 0 aliphatic carbocycles. The largest absolute Gasteiger partial charge is 0.497 e. The van der Waals surface area contributed by atoms with E-state index in [1.54, 1.807) is 12.0 Å². The van der Waals surface area contributed by atoms with E-state index in [-0.39, 0.29) is 0 Å². The van der Waals surface area contributed by atoms with Crippen LogP contribution in [0.4, 0.5) is 5.69 Å². The van der Waals surface area contributed by atoms with Gasteiger partial charge in [-0.25, -0.2) is 0 Å². The number of hydrogen-bond donors (Lipinski definition) is 1. The SMILES string of the molecule is COc1ccc([C@@H](C)[NH+]2CCN(c3ccc(C=O)cc3)CC2)cc1. The molecular formula is C20H25N2O2+. The van der Waals surface area contributed by atoms with Crippen molar-refractivity contribution < 1.29 is 14.4 Å². The smallest absolute Gasteiger partial charge is 0.150 e. The van der Waals surface area contributed by atoms with Crippen LogP contribution in [-0.2, 0) is 0 Å². The number of quaternary nitrogens is 1. The highest BCUT2D eigenvalue weighted by Crippen LogP contribution is 2.17. The number of methoxy groups -OCH3 is 1. The van der Waals surface area contributed by atoms with Gasteiger partial charge in [-0.2, -0.15) is 0 Å². The van der Waals surface area contributed by atoms with Gasteiger partial charge in [0, 0.05) is 16.8 Å². The molecule has 4 nitrogen and oxygen atoms in total. The minimum Gasteiger partial charge on any atom is -0.497 e. The molecule has 0 saturated carbocycles. The zero-order valence-corrected chi connectivity index (χ0v) is 14.4. The summed E-state index contributed by atoms with van der Waals surface area (Å²) in [6, 6.07) is 16.8. The number of benzene rings is 2. The van der Waals surface area contributed by atoms with Gasteiger partial charge in [-0.1, -0.05) is 0 Å². The highest BCUT2D eigenvalue weighted by atomic mass is 16.5. The van der Waals surface area contributed by atoms with Gasteiger partial charge in [0.05, 0.1) is 33.3 Å². The van der Waals surface area contributed by atoms with Crippen molar-refractivity contribution in [2.45, 2.75) is 13.0 Å². The van der Waals surface area contributed by atoms with Gasteiger partial charge in [0.1, 0.15) is 18.1 Å². The van der Waals surface area contributed by atoms with E-state index in [0.29, 0.717) is 6.04 Å². The summed E-state index contributed by atoms with van der Waals surface area (Å²) in [7, 11) is 1.70. The second-order valence-corrected chi connectivity index (χ2v) is 6.35. The molecular weight excluding hydrogens is 300 g/mol. The lowest BCUT2D eigenvalue weighted by atomic mass is 10.1. The van der Waals surface area contributed by atoms with Crippen LogP contribution in [0.1, 0.15) is 28.9 Å². The Morgan fingerprint density at radius 3 is 2.21 bits per heavy atom. The molecule has 1 aliphatic heterocycles. The molecule has 0 unspecified atom stereocenters. The summed E-state index contributed by atoms with van der Waals surface area (Å²) in [6.07, 6.45) is 0.891. The average Bonchev–Trinajstić information content (AvgIpc) is 2.68. The molecule has 126 valence electrons. The number of carbonyl (C=O) groups is 1. The summed E-state index contributed by atoms with van der Waals surface area (Å²) in [5, 5.41) is 0. The van der Waals surface area contributed by atoms with Gasteiger partial charge in [-0.3, -0.25) is 4.79 Å². The molecule has 0 aromatic heterocycles. The van der Waals surface area contributed by atoms with Crippen molar-refractivity contribution in [1.29, 1.82) is 0 Å². The number of carbonyl (C=O) groups excluding carboxylic acids is 1. The first-order valence-corrected chi connectivity index (χ1v) is 8.50. The number of nitrogens with zero attached hydrogens (tertiary/aromatic N) is 1. The Morgan fingerprint density at radius 1 is 1.04 bits per heavy atom. The number of rotatable bonds is 5. The predicted octanol–water partition coefficient (Wildman–Crippen LogP) is 1.97. The maximum absolute atomic E-state index is 10.8. The third-order valence-corrected chi connectivity index (χ3v) is 5.03. The van der Waals surface area contributed by atoms with Crippen molar-refractivity contribution in [3.05, 3.63) is 59.7 Å². The summed E-state index contributed by atoms with van der Waals surface area (Å²) in [5.74, 6) is 0.907. The minimum atomic E-state index is 0.482. The van der Waals surface area contributed by atoms with E-state index in [9.17, 15) is 4.79 Å². The molecule has 1 atom stereocenters. The monoisotopic (exact) mass is 325 g/mol. The number of hydrogen-bond acceptors (Lipinski definition) is 3. The molecule has 1 fully saturated rings. The molecule has 2 aromatic carbocycles. The number of piperazine rings is 1. The molecule has 0 radical (unpaired) electrons. The van der Waals surface area contributed by atoms with Crippen molar-refractivity contribution in [1.82, 2.24) is 0 Å². The molecule has 0 spiro atoms. The van der Waals surface area contributed by atoms with Crippen LogP contribution in [-0.4, -0.2) is 39.6 Å². The molecule has 4 heteroatoms. The quantitative estimate of drug-likeness (QED) is 0.854. The lowest BCUT2D eigenvalue weighted by Gasteiger charge is -2.36. The highest BCUT2D eigenvalue weighted by molar-refractivity contribution is 5.75. The highest BCUT2D eigenvalue weighted by Gasteiger charge is 2.25. The van der Waals surface area contributed by atoms with Crippen molar-refractivity contribution >= 4 is 12.0 Å². The number of aldehydes is 1. The standard InChI is InChI=1S/C20H24N2O2/c1-16(18-5-9-20(24-2)10-6-18)21-11-13-22(14-12-21)19-7-3-17(15-23)4-8-19/h3-10,15-16H,11-14H2,1-2H3/p+1/t16-/m1/s1. The third-order valence-electron chi connectivity index (χ3n) is 5.03. The Balaban J connectivity index is 1.59.